The molecule has 0 spiro atoms. The Labute approximate surface area is 125 Å². The van der Waals surface area contributed by atoms with Crippen molar-refractivity contribution in [3.63, 3.8) is 0 Å². The van der Waals surface area contributed by atoms with Gasteiger partial charge in [0.15, 0.2) is 11.6 Å². The highest BCUT2D eigenvalue weighted by molar-refractivity contribution is 5.93. The molecule has 1 aliphatic carbocycles. The van der Waals surface area contributed by atoms with E-state index in [0.717, 1.165) is 0 Å². The van der Waals surface area contributed by atoms with Gasteiger partial charge in [0, 0.05) is 19.3 Å². The summed E-state index contributed by atoms with van der Waals surface area (Å²) < 4.78 is 5.92. The minimum atomic E-state index is -0.407. The van der Waals surface area contributed by atoms with Crippen LogP contribution in [0.1, 0.15) is 33.6 Å². The van der Waals surface area contributed by atoms with E-state index in [4.69, 9.17) is 4.74 Å². The molecule has 1 atom stereocenters. The van der Waals surface area contributed by atoms with Crippen molar-refractivity contribution >= 4 is 11.8 Å². The molecule has 5 heteroatoms. The van der Waals surface area contributed by atoms with Gasteiger partial charge in [-0.1, -0.05) is 0 Å². The Hall–Kier alpha value is -1.78. The average Bonchev–Trinajstić information content (AvgIpc) is 3.27. The number of hydrogen-bond acceptors (Lipinski definition) is 3. The van der Waals surface area contributed by atoms with Gasteiger partial charge in [0.2, 0.25) is 0 Å². The fourth-order valence-corrected chi connectivity index (χ4v) is 2.87. The van der Waals surface area contributed by atoms with Crippen molar-refractivity contribution < 1.29 is 9.53 Å². The first-order chi connectivity index (χ1) is 9.89. The van der Waals surface area contributed by atoms with Crippen molar-refractivity contribution in [1.82, 2.24) is 9.88 Å². The number of urea groups is 1. The van der Waals surface area contributed by atoms with Gasteiger partial charge >= 0.3 is 6.03 Å². The smallest absolute Gasteiger partial charge is 0.325 e. The topological polar surface area (TPSA) is 45.7 Å². The van der Waals surface area contributed by atoms with Crippen molar-refractivity contribution in [2.75, 3.05) is 18.5 Å². The van der Waals surface area contributed by atoms with Gasteiger partial charge in [-0.05, 0) is 51.7 Å². The maximum atomic E-state index is 12.9. The number of aromatic nitrogens is 1. The number of carbonyl (C=O) groups excluding carboxylic acids is 1. The van der Waals surface area contributed by atoms with Gasteiger partial charge in [-0.15, -0.1) is 0 Å². The van der Waals surface area contributed by atoms with Gasteiger partial charge in [-0.2, -0.15) is 0 Å². The lowest BCUT2D eigenvalue weighted by molar-refractivity contribution is 0.101. The normalized spacial score (nSPS) is 21.2. The van der Waals surface area contributed by atoms with Gasteiger partial charge in [0.25, 0.3) is 0 Å². The number of nitrogens with zero attached hydrogens (tertiary/aromatic N) is 3. The molecule has 1 saturated carbocycles. The van der Waals surface area contributed by atoms with Gasteiger partial charge in [0.05, 0.1) is 6.54 Å². The zero-order valence-electron chi connectivity index (χ0n) is 13.2. The van der Waals surface area contributed by atoms with Crippen LogP contribution < -0.4 is 9.64 Å². The molecule has 0 bridgehead atoms. The summed E-state index contributed by atoms with van der Waals surface area (Å²) in [6.07, 6.45) is 4.15. The fourth-order valence-electron chi connectivity index (χ4n) is 2.87. The molecule has 0 N–H and O–H groups in total. The monoisotopic (exact) mass is 289 g/mol. The van der Waals surface area contributed by atoms with Crippen LogP contribution >= 0.6 is 0 Å². The highest BCUT2D eigenvalue weighted by Crippen LogP contribution is 2.38. The van der Waals surface area contributed by atoms with Crippen LogP contribution in [0.25, 0.3) is 0 Å². The van der Waals surface area contributed by atoms with Crippen LogP contribution in [0, 0.1) is 5.92 Å². The van der Waals surface area contributed by atoms with E-state index in [0.29, 0.717) is 24.0 Å². The molecule has 0 radical (unpaired) electrons. The van der Waals surface area contributed by atoms with E-state index < -0.39 is 5.60 Å². The van der Waals surface area contributed by atoms with E-state index in [-0.39, 0.29) is 12.1 Å². The first-order valence-corrected chi connectivity index (χ1v) is 7.57. The SMILES string of the molecule is CC(C1CC1)N(C)C(=O)N1CC(C)(C)Oc2cccnc21. The van der Waals surface area contributed by atoms with E-state index in [1.165, 1.54) is 12.8 Å². The third kappa shape index (κ3) is 2.69. The Kier molecular flexibility index (Phi) is 3.30. The summed E-state index contributed by atoms with van der Waals surface area (Å²) in [7, 11) is 1.89. The minimum Gasteiger partial charge on any atom is -0.482 e. The number of fused-ring (bicyclic) bond motifs is 1. The molecule has 2 heterocycles. The number of pyridine rings is 1. The van der Waals surface area contributed by atoms with Crippen molar-refractivity contribution in [3.05, 3.63) is 18.3 Å². The summed E-state index contributed by atoms with van der Waals surface area (Å²) in [5, 5.41) is 0. The van der Waals surface area contributed by atoms with Gasteiger partial charge in [-0.3, -0.25) is 4.90 Å². The van der Waals surface area contributed by atoms with Crippen LogP contribution in [-0.4, -0.2) is 41.2 Å². The molecule has 3 rings (SSSR count). The summed E-state index contributed by atoms with van der Waals surface area (Å²) >= 11 is 0. The predicted molar refractivity (Wildman–Crippen MR) is 81.6 cm³/mol. The molecular weight excluding hydrogens is 266 g/mol. The predicted octanol–water partition coefficient (Wildman–Crippen LogP) is 2.91. The average molecular weight is 289 g/mol. The van der Waals surface area contributed by atoms with Gasteiger partial charge < -0.3 is 9.64 Å². The second-order valence-corrected chi connectivity index (χ2v) is 6.74. The van der Waals surface area contributed by atoms with E-state index >= 15 is 0 Å². The summed E-state index contributed by atoms with van der Waals surface area (Å²) in [5.74, 6) is 1.95. The third-order valence-corrected chi connectivity index (χ3v) is 4.38. The second kappa shape index (κ2) is 4.90. The van der Waals surface area contributed by atoms with E-state index in [9.17, 15) is 4.79 Å². The molecule has 2 aliphatic rings. The Morgan fingerprint density at radius 1 is 1.52 bits per heavy atom. The summed E-state index contributed by atoms with van der Waals surface area (Å²) in [6.45, 7) is 6.62. The molecule has 21 heavy (non-hydrogen) atoms. The summed E-state index contributed by atoms with van der Waals surface area (Å²) in [5.41, 5.74) is -0.407. The maximum absolute atomic E-state index is 12.9. The third-order valence-electron chi connectivity index (χ3n) is 4.38. The van der Waals surface area contributed by atoms with Crippen LogP contribution in [0.3, 0.4) is 0 Å². The zero-order chi connectivity index (χ0) is 15.2. The standard InChI is InChI=1S/C16H23N3O2/c1-11(12-7-8-12)18(4)15(20)19-10-16(2,3)21-13-6-5-9-17-14(13)19/h5-6,9,11-12H,7-8,10H2,1-4H3. The van der Waals surface area contributed by atoms with Gasteiger partial charge in [-0.25, -0.2) is 9.78 Å². The largest absolute Gasteiger partial charge is 0.482 e. The lowest BCUT2D eigenvalue weighted by Crippen LogP contribution is -2.54. The molecule has 0 aromatic carbocycles. The Morgan fingerprint density at radius 2 is 2.24 bits per heavy atom. The quantitative estimate of drug-likeness (QED) is 0.841. The molecular formula is C16H23N3O2. The minimum absolute atomic E-state index is 0.00530. The van der Waals surface area contributed by atoms with Crippen LogP contribution in [0.4, 0.5) is 10.6 Å². The molecule has 1 aromatic heterocycles. The lowest BCUT2D eigenvalue weighted by atomic mass is 10.1. The second-order valence-electron chi connectivity index (χ2n) is 6.74. The number of ether oxygens (including phenoxy) is 1. The maximum Gasteiger partial charge on any atom is 0.325 e. The van der Waals surface area contributed by atoms with Crippen LogP contribution in [0.5, 0.6) is 5.75 Å². The Bertz CT molecular complexity index is 554. The van der Waals surface area contributed by atoms with Crippen molar-refractivity contribution in [2.45, 2.75) is 45.3 Å². The Morgan fingerprint density at radius 3 is 2.90 bits per heavy atom. The number of anilines is 1. The van der Waals surface area contributed by atoms with E-state index in [2.05, 4.69) is 11.9 Å². The lowest BCUT2D eigenvalue weighted by Gasteiger charge is -2.41. The molecule has 2 amide bonds. The van der Waals surface area contributed by atoms with Gasteiger partial charge in [0.1, 0.15) is 5.60 Å². The van der Waals surface area contributed by atoms with E-state index in [1.54, 1.807) is 11.1 Å². The highest BCUT2D eigenvalue weighted by atomic mass is 16.5. The molecule has 1 aliphatic heterocycles. The van der Waals surface area contributed by atoms with Crippen LogP contribution in [0.15, 0.2) is 18.3 Å². The molecule has 1 aromatic rings. The molecule has 1 fully saturated rings. The Balaban J connectivity index is 1.88. The molecule has 1 unspecified atom stereocenters. The van der Waals surface area contributed by atoms with Crippen molar-refractivity contribution in [3.8, 4) is 5.75 Å². The van der Waals surface area contributed by atoms with Crippen LogP contribution in [-0.2, 0) is 0 Å². The van der Waals surface area contributed by atoms with E-state index in [1.807, 2.05) is 37.9 Å². The number of hydrogen-bond donors (Lipinski definition) is 0. The number of carbonyl (C=O) groups is 1. The first-order valence-electron chi connectivity index (χ1n) is 7.57. The molecule has 5 nitrogen and oxygen atoms in total. The highest BCUT2D eigenvalue weighted by Gasteiger charge is 2.39. The molecule has 114 valence electrons. The first kappa shape index (κ1) is 14.2. The summed E-state index contributed by atoms with van der Waals surface area (Å²) in [6, 6.07) is 3.98. The zero-order valence-corrected chi connectivity index (χ0v) is 13.2. The number of rotatable bonds is 2. The number of amides is 2. The van der Waals surface area contributed by atoms with Crippen LogP contribution in [0.2, 0.25) is 0 Å². The fraction of sp³-hybridized carbons (Fsp3) is 0.625. The van der Waals surface area contributed by atoms with Crippen molar-refractivity contribution in [2.24, 2.45) is 5.92 Å². The molecule has 0 saturated heterocycles. The summed E-state index contributed by atoms with van der Waals surface area (Å²) in [4.78, 5) is 20.8. The van der Waals surface area contributed by atoms with Crippen molar-refractivity contribution in [1.29, 1.82) is 0 Å².